The van der Waals surface area contributed by atoms with E-state index in [-0.39, 0.29) is 82.5 Å². The topological polar surface area (TPSA) is 412 Å². The first-order valence-corrected chi connectivity index (χ1v) is 32.4. The number of ketones is 3. The summed E-state index contributed by atoms with van der Waals surface area (Å²) < 4.78 is 14.4. The number of hydrogen-bond acceptors (Lipinski definition) is 17. The van der Waals surface area contributed by atoms with Gasteiger partial charge in [-0.05, 0) is 47.9 Å². The van der Waals surface area contributed by atoms with Gasteiger partial charge in [-0.25, -0.2) is 0 Å². The van der Waals surface area contributed by atoms with Crippen LogP contribution in [0.4, 0.5) is 0 Å². The number of fused-ring (bicyclic) bond motifs is 5. The lowest BCUT2D eigenvalue weighted by Crippen LogP contribution is -2.55. The molecular weight excluding hydrogens is 1180 g/mol. The molecular formula is C58H77N12O16PS. The molecule has 1 aromatic carbocycles. The smallest absolute Gasteiger partial charge is 0.253 e. The van der Waals surface area contributed by atoms with E-state index in [2.05, 4.69) is 41.7 Å². The van der Waals surface area contributed by atoms with Crippen LogP contribution in [0.5, 0.6) is 0 Å². The van der Waals surface area contributed by atoms with Gasteiger partial charge in [0.15, 0.2) is 11.6 Å². The molecule has 1 aromatic heterocycles. The third-order valence-corrected chi connectivity index (χ3v) is 20.0. The molecule has 5 aliphatic rings. The van der Waals surface area contributed by atoms with Gasteiger partial charge in [-0.2, -0.15) is 0 Å². The van der Waals surface area contributed by atoms with Gasteiger partial charge in [-0.15, -0.1) is 11.8 Å². The summed E-state index contributed by atoms with van der Waals surface area (Å²) in [6, 6.07) is -0.227. The quantitative estimate of drug-likeness (QED) is 0.0545. The molecule has 0 saturated carbocycles. The first-order chi connectivity index (χ1) is 41.8. The van der Waals surface area contributed by atoms with Crippen LogP contribution in [0.3, 0.4) is 0 Å². The Kier molecular flexibility index (Phi) is 23.5. The number of imide groups is 2. The van der Waals surface area contributed by atoms with Gasteiger partial charge >= 0.3 is 0 Å². The molecule has 28 nitrogen and oxygen atoms in total. The van der Waals surface area contributed by atoms with Crippen LogP contribution in [-0.2, 0) is 84.5 Å². The van der Waals surface area contributed by atoms with Crippen LogP contribution >= 0.6 is 19.2 Å². The Bertz CT molecular complexity index is 3150. The minimum Gasteiger partial charge on any atom is -0.391 e. The largest absolute Gasteiger partial charge is 0.391 e. The lowest BCUT2D eigenvalue weighted by Gasteiger charge is -2.31. The van der Waals surface area contributed by atoms with E-state index in [0.717, 1.165) is 50.8 Å². The number of primary amides is 1. The Morgan fingerprint density at radius 3 is 1.94 bits per heavy atom. The molecule has 9 atom stereocenters. The summed E-state index contributed by atoms with van der Waals surface area (Å²) >= 11 is 1.03. The molecule has 0 radical (unpaired) electrons. The molecule has 6 heterocycles. The molecule has 476 valence electrons. The zero-order valence-corrected chi connectivity index (χ0v) is 51.2. The maximum Gasteiger partial charge on any atom is 0.253 e. The van der Waals surface area contributed by atoms with Gasteiger partial charge in [0.25, 0.3) is 23.6 Å². The van der Waals surface area contributed by atoms with E-state index in [1.165, 1.54) is 0 Å². The molecule has 2 bridgehead atoms. The van der Waals surface area contributed by atoms with Crippen molar-refractivity contribution in [2.24, 2.45) is 29.4 Å². The van der Waals surface area contributed by atoms with Crippen LogP contribution in [0.2, 0.25) is 0 Å². The van der Waals surface area contributed by atoms with Crippen LogP contribution in [0.25, 0.3) is 10.9 Å². The Morgan fingerprint density at radius 1 is 0.750 bits per heavy atom. The van der Waals surface area contributed by atoms with Crippen LogP contribution in [0.15, 0.2) is 47.5 Å². The number of rotatable bonds is 20. The van der Waals surface area contributed by atoms with Crippen molar-refractivity contribution in [2.45, 2.75) is 127 Å². The van der Waals surface area contributed by atoms with Crippen LogP contribution in [0.1, 0.15) is 90.2 Å². The fraction of sp³-hybridized carbons (Fsp3) is 0.552. The summed E-state index contributed by atoms with van der Waals surface area (Å²) in [5, 5.41) is 30.7. The molecule has 1 unspecified atom stereocenters. The van der Waals surface area contributed by atoms with Crippen molar-refractivity contribution in [1.29, 1.82) is 0 Å². The average Bonchev–Trinajstić information content (AvgIpc) is 3.36. The van der Waals surface area contributed by atoms with Crippen molar-refractivity contribution >= 4 is 112 Å². The molecule has 88 heavy (non-hydrogen) atoms. The first kappa shape index (κ1) is 67.8. The van der Waals surface area contributed by atoms with E-state index in [0.29, 0.717) is 39.9 Å². The number of aliphatic hydroxyl groups excluding tert-OH is 1. The van der Waals surface area contributed by atoms with Crippen molar-refractivity contribution in [3.8, 4) is 0 Å². The number of aliphatic hydroxyl groups is 1. The summed E-state index contributed by atoms with van der Waals surface area (Å²) in [5.41, 5.74) is 7.02. The number of nitrogens with zero attached hydrogens (tertiary/aromatic N) is 3. The molecule has 1 saturated heterocycles. The predicted molar refractivity (Wildman–Crippen MR) is 318 cm³/mol. The van der Waals surface area contributed by atoms with Gasteiger partial charge in [0.2, 0.25) is 48.8 Å². The minimum atomic E-state index is -3.62. The number of carbonyl (C=O) groups excluding carboxylic acids is 14. The summed E-state index contributed by atoms with van der Waals surface area (Å²) in [4.78, 5) is 196. The Labute approximate surface area is 511 Å². The zero-order chi connectivity index (χ0) is 64.1. The zero-order valence-electron chi connectivity index (χ0n) is 49.5. The van der Waals surface area contributed by atoms with Crippen LogP contribution in [0, 0.1) is 23.7 Å². The van der Waals surface area contributed by atoms with Gasteiger partial charge in [0.05, 0.1) is 42.2 Å². The highest BCUT2D eigenvalue weighted by molar-refractivity contribution is 7.99. The Hall–Kier alpha value is -7.72. The minimum absolute atomic E-state index is 0.0706. The van der Waals surface area contributed by atoms with Gasteiger partial charge in [-0.1, -0.05) is 46.6 Å². The maximum absolute atomic E-state index is 14.9. The number of benzene rings is 1. The van der Waals surface area contributed by atoms with Gasteiger partial charge in [0.1, 0.15) is 17.9 Å². The fourth-order valence-electron chi connectivity index (χ4n) is 11.2. The lowest BCUT2D eigenvalue weighted by molar-refractivity contribution is -0.145. The highest BCUT2D eigenvalue weighted by Crippen LogP contribution is 2.38. The normalized spacial score (nSPS) is 24.7. The summed E-state index contributed by atoms with van der Waals surface area (Å²) in [6.07, 6.45) is 1.30. The molecule has 30 heteroatoms. The van der Waals surface area contributed by atoms with E-state index < -0.39 is 170 Å². The number of Topliss-reactive ketones (excluding diaryl/α,β-unsaturated/α-hetero) is 3. The van der Waals surface area contributed by atoms with Crippen molar-refractivity contribution in [1.82, 2.24) is 56.4 Å². The number of carbonyl (C=O) groups is 14. The number of H-pyrrole nitrogens is 1. The van der Waals surface area contributed by atoms with Crippen LogP contribution < -0.4 is 42.5 Å². The van der Waals surface area contributed by atoms with Crippen molar-refractivity contribution in [3.63, 3.8) is 0 Å². The molecule has 11 amide bonds. The van der Waals surface area contributed by atoms with Crippen LogP contribution in [-0.4, -0.2) is 195 Å². The molecule has 0 aliphatic carbocycles. The number of nitrogens with two attached hydrogens (primary N) is 1. The number of amides is 11. The summed E-state index contributed by atoms with van der Waals surface area (Å²) in [5.74, 6) is -13.7. The Balaban J connectivity index is 1.24. The van der Waals surface area contributed by atoms with E-state index in [9.17, 15) is 76.8 Å². The van der Waals surface area contributed by atoms with Crippen molar-refractivity contribution in [2.75, 3.05) is 57.7 Å². The van der Waals surface area contributed by atoms with E-state index >= 15 is 0 Å². The maximum atomic E-state index is 14.9. The second-order valence-corrected chi connectivity index (χ2v) is 26.5. The lowest BCUT2D eigenvalue weighted by atomic mass is 9.86. The highest BCUT2D eigenvalue weighted by Gasteiger charge is 2.44. The summed E-state index contributed by atoms with van der Waals surface area (Å²) in [6.45, 7) is 4.84. The Morgan fingerprint density at radius 2 is 1.34 bits per heavy atom. The van der Waals surface area contributed by atoms with E-state index in [4.69, 9.17) is 5.73 Å². The number of nitrogens with one attached hydrogen (secondary N) is 8. The second kappa shape index (κ2) is 30.5. The molecule has 1 fully saturated rings. The standard InChI is InChI=1S/C58H77N12O16PS/c1-5-31(3)52-44(74)23-34-22-39-38-21-33(20-36(71)8-7-19-87(86,62-15-17-68-48(78)11-12-49(68)79)63-16-18-69-50(80)13-14-51(69)81)9-10-40(38)65-57(39)88-30-41(64-46(76)27-61-56(84)53(32(4)6-2)66-47(77)28-60-54(34)82)43(73)24-35(25-45(59)75)58(85)70-29-37(72)26-42(70)55(83)67-52/h9-14,21,31-32,34-35,37,41-42,52-53,65,72H,5-8,15-20,22-30H2,1-4H3,(H2,59,75)(H,60,82)(H,61,84)(H,64,76)(H,66,77)(H,67,83)(H2,62,63,86)/t31?,32-,34+,35-,37+,41-,42-,52-,53-/m0/s1. The van der Waals surface area contributed by atoms with Gasteiger partial charge < -0.3 is 47.3 Å². The number of hydrogen-bond donors (Lipinski definition) is 10. The van der Waals surface area contributed by atoms with E-state index in [1.54, 1.807) is 45.9 Å². The van der Waals surface area contributed by atoms with Crippen molar-refractivity contribution < 1.29 is 76.8 Å². The molecule has 5 aliphatic heterocycles. The second-order valence-electron chi connectivity index (χ2n) is 22.9. The molecule has 11 N–H and O–H groups in total. The average molecular weight is 1260 g/mol. The highest BCUT2D eigenvalue weighted by atomic mass is 32.2. The molecule has 0 spiro atoms. The number of aromatic amines is 1. The van der Waals surface area contributed by atoms with Gasteiger partial charge in [0, 0.05) is 124 Å². The third-order valence-electron chi connectivity index (χ3n) is 16.5. The SMILES string of the molecule is CCC(C)[C@@H]1NC(=O)[C@@H]2C[C@@H](O)CN2C(=O)[C@H](CC(N)=O)CC(=O)[C@@H]2CSc3[nH]c4ccc(CC(=O)CCCP(=O)(NCCN5C(=O)C=CC5=O)NCCN5C(=O)C=CC5=O)cc4c3C[C@H](CC1=O)C(=O)NCC(=O)N[C@@H]([C@@H](C)CC)C(=O)NCC(=O)N2. The number of thioether (sulfide) groups is 1. The van der Waals surface area contributed by atoms with Crippen molar-refractivity contribution in [3.05, 3.63) is 53.6 Å². The molecule has 7 rings (SSSR count). The predicted octanol–water partition coefficient (Wildman–Crippen LogP) is -1.29. The number of aromatic nitrogens is 1. The van der Waals surface area contributed by atoms with E-state index in [1.807, 2.05) is 0 Å². The first-order valence-electron chi connectivity index (χ1n) is 29.5. The molecule has 2 aromatic rings. The summed E-state index contributed by atoms with van der Waals surface area (Å²) in [7, 11) is -3.62. The third kappa shape index (κ3) is 17.5. The van der Waals surface area contributed by atoms with Gasteiger partial charge in [-0.3, -0.25) is 91.7 Å². The fourth-order valence-corrected chi connectivity index (χ4v) is 14.3. The monoisotopic (exact) mass is 1260 g/mol.